The minimum Gasteiger partial charge on any atom is -0.487 e. The second kappa shape index (κ2) is 10.6. The summed E-state index contributed by atoms with van der Waals surface area (Å²) in [6.45, 7) is 8.35. The van der Waals surface area contributed by atoms with Gasteiger partial charge in [0.15, 0.2) is 0 Å². The van der Waals surface area contributed by atoms with Gasteiger partial charge in [0.2, 0.25) is 0 Å². The Bertz CT molecular complexity index is 1360. The smallest absolute Gasteiger partial charge is 0.142 e. The summed E-state index contributed by atoms with van der Waals surface area (Å²) in [5, 5.41) is 9.36. The zero-order chi connectivity index (χ0) is 25.3. The highest BCUT2D eigenvalue weighted by molar-refractivity contribution is 9.10. The first-order valence-electron chi connectivity index (χ1n) is 11.5. The van der Waals surface area contributed by atoms with Crippen LogP contribution in [0, 0.1) is 12.7 Å². The SMILES string of the molecule is CCc1nn(C)c(Cc2cc(C)nn2-c2ccc(F)cc2COc2cc(Br)cnc2C(C)C)c1Br. The molecule has 1 aromatic carbocycles. The molecule has 0 fully saturated rings. The first kappa shape index (κ1) is 25.6. The monoisotopic (exact) mass is 603 g/mol. The van der Waals surface area contributed by atoms with Gasteiger partial charge in [-0.3, -0.25) is 9.67 Å². The van der Waals surface area contributed by atoms with Gasteiger partial charge in [-0.2, -0.15) is 10.2 Å². The third-order valence-electron chi connectivity index (χ3n) is 5.80. The molecule has 0 saturated heterocycles. The summed E-state index contributed by atoms with van der Waals surface area (Å²) in [5.74, 6) is 0.541. The molecule has 35 heavy (non-hydrogen) atoms. The Hall–Kier alpha value is -2.52. The summed E-state index contributed by atoms with van der Waals surface area (Å²) < 4.78 is 26.1. The Balaban J connectivity index is 1.71. The van der Waals surface area contributed by atoms with Crippen LogP contribution in [-0.2, 0) is 26.5 Å². The molecular formula is C26H28Br2FN5O. The van der Waals surface area contributed by atoms with Crippen molar-refractivity contribution in [2.24, 2.45) is 7.05 Å². The maximum Gasteiger partial charge on any atom is 0.142 e. The lowest BCUT2D eigenvalue weighted by Crippen LogP contribution is -2.10. The lowest BCUT2D eigenvalue weighted by Gasteiger charge is -2.16. The van der Waals surface area contributed by atoms with Crippen molar-refractivity contribution >= 4 is 31.9 Å². The van der Waals surface area contributed by atoms with Gasteiger partial charge in [0.1, 0.15) is 18.2 Å². The average Bonchev–Trinajstić information content (AvgIpc) is 3.31. The van der Waals surface area contributed by atoms with E-state index in [9.17, 15) is 4.39 Å². The Morgan fingerprint density at radius 3 is 2.57 bits per heavy atom. The van der Waals surface area contributed by atoms with Gasteiger partial charge < -0.3 is 4.74 Å². The van der Waals surface area contributed by atoms with Crippen LogP contribution in [0.25, 0.3) is 5.69 Å². The van der Waals surface area contributed by atoms with Gasteiger partial charge >= 0.3 is 0 Å². The Kier molecular flexibility index (Phi) is 7.76. The van der Waals surface area contributed by atoms with Gasteiger partial charge in [-0.05, 0) is 81.5 Å². The number of nitrogens with zero attached hydrogens (tertiary/aromatic N) is 5. The maximum atomic E-state index is 14.3. The van der Waals surface area contributed by atoms with Gasteiger partial charge in [0.05, 0.1) is 38.6 Å². The zero-order valence-electron chi connectivity index (χ0n) is 20.4. The van der Waals surface area contributed by atoms with E-state index in [2.05, 4.69) is 62.7 Å². The molecule has 0 aliphatic rings. The molecule has 9 heteroatoms. The van der Waals surface area contributed by atoms with Crippen LogP contribution in [0.2, 0.25) is 0 Å². The van der Waals surface area contributed by atoms with E-state index in [-0.39, 0.29) is 18.3 Å². The zero-order valence-corrected chi connectivity index (χ0v) is 23.6. The van der Waals surface area contributed by atoms with Crippen molar-refractivity contribution in [2.45, 2.75) is 53.1 Å². The molecule has 0 bridgehead atoms. The molecule has 0 aliphatic carbocycles. The molecule has 4 rings (SSSR count). The number of hydrogen-bond donors (Lipinski definition) is 0. The number of aromatic nitrogens is 5. The number of halogens is 3. The highest BCUT2D eigenvalue weighted by atomic mass is 79.9. The van der Waals surface area contributed by atoms with Crippen LogP contribution in [0.15, 0.2) is 45.5 Å². The van der Waals surface area contributed by atoms with E-state index >= 15 is 0 Å². The number of rotatable bonds is 8. The Morgan fingerprint density at radius 2 is 1.89 bits per heavy atom. The topological polar surface area (TPSA) is 57.8 Å². The Morgan fingerprint density at radius 1 is 1.11 bits per heavy atom. The van der Waals surface area contributed by atoms with Crippen LogP contribution in [-0.4, -0.2) is 24.5 Å². The van der Waals surface area contributed by atoms with Crippen LogP contribution in [0.5, 0.6) is 5.75 Å². The molecule has 0 saturated carbocycles. The molecular weight excluding hydrogens is 577 g/mol. The molecule has 0 spiro atoms. The number of pyridine rings is 1. The van der Waals surface area contributed by atoms with Gasteiger partial charge in [-0.15, -0.1) is 0 Å². The molecule has 3 heterocycles. The van der Waals surface area contributed by atoms with Crippen LogP contribution >= 0.6 is 31.9 Å². The highest BCUT2D eigenvalue weighted by Gasteiger charge is 2.19. The lowest BCUT2D eigenvalue weighted by atomic mass is 10.1. The second-order valence-electron chi connectivity index (χ2n) is 8.80. The van der Waals surface area contributed by atoms with E-state index in [1.807, 2.05) is 35.5 Å². The third kappa shape index (κ3) is 5.51. The molecule has 0 aliphatic heterocycles. The van der Waals surface area contributed by atoms with Crippen molar-refractivity contribution in [3.05, 3.63) is 85.3 Å². The number of benzene rings is 1. The largest absolute Gasteiger partial charge is 0.487 e. The quantitative estimate of drug-likeness (QED) is 0.221. The summed E-state index contributed by atoms with van der Waals surface area (Å²) in [4.78, 5) is 4.50. The molecule has 0 unspecified atom stereocenters. The van der Waals surface area contributed by atoms with Crippen molar-refractivity contribution in [1.82, 2.24) is 24.5 Å². The average molecular weight is 605 g/mol. The molecule has 0 atom stereocenters. The lowest BCUT2D eigenvalue weighted by molar-refractivity contribution is 0.298. The molecule has 4 aromatic rings. The number of aryl methyl sites for hydroxylation is 3. The van der Waals surface area contributed by atoms with Gasteiger partial charge in [-0.25, -0.2) is 9.07 Å². The minimum atomic E-state index is -0.323. The molecule has 6 nitrogen and oxygen atoms in total. The summed E-state index contributed by atoms with van der Waals surface area (Å²) in [6, 6.07) is 8.66. The van der Waals surface area contributed by atoms with Crippen LogP contribution in [0.4, 0.5) is 4.39 Å². The van der Waals surface area contributed by atoms with E-state index in [0.29, 0.717) is 17.7 Å². The fourth-order valence-corrected chi connectivity index (χ4v) is 5.15. The van der Waals surface area contributed by atoms with E-state index in [1.165, 1.54) is 12.1 Å². The van der Waals surface area contributed by atoms with E-state index < -0.39 is 0 Å². The van der Waals surface area contributed by atoms with Crippen molar-refractivity contribution < 1.29 is 9.13 Å². The predicted molar refractivity (Wildman–Crippen MR) is 142 cm³/mol. The first-order valence-corrected chi connectivity index (χ1v) is 13.1. The minimum absolute atomic E-state index is 0.179. The molecule has 184 valence electrons. The Labute approximate surface area is 221 Å². The van der Waals surface area contributed by atoms with E-state index in [4.69, 9.17) is 9.84 Å². The van der Waals surface area contributed by atoms with E-state index in [0.717, 1.165) is 49.5 Å². The van der Waals surface area contributed by atoms with Gasteiger partial charge in [-0.1, -0.05) is 20.8 Å². The molecule has 0 N–H and O–H groups in total. The van der Waals surface area contributed by atoms with E-state index in [1.54, 1.807) is 12.3 Å². The molecule has 0 amide bonds. The predicted octanol–water partition coefficient (Wildman–Crippen LogP) is 6.83. The third-order valence-corrected chi connectivity index (χ3v) is 7.15. The highest BCUT2D eigenvalue weighted by Crippen LogP contribution is 2.30. The first-order chi connectivity index (χ1) is 16.7. The van der Waals surface area contributed by atoms with Crippen molar-refractivity contribution in [1.29, 1.82) is 0 Å². The van der Waals surface area contributed by atoms with Crippen LogP contribution < -0.4 is 4.74 Å². The number of hydrogen-bond acceptors (Lipinski definition) is 4. The fraction of sp³-hybridized carbons (Fsp3) is 0.346. The van der Waals surface area contributed by atoms with Crippen molar-refractivity contribution in [2.75, 3.05) is 0 Å². The van der Waals surface area contributed by atoms with Crippen molar-refractivity contribution in [3.8, 4) is 11.4 Å². The van der Waals surface area contributed by atoms with Crippen LogP contribution in [0.3, 0.4) is 0 Å². The molecule has 0 radical (unpaired) electrons. The number of ether oxygens (including phenoxy) is 1. The van der Waals surface area contributed by atoms with Crippen molar-refractivity contribution in [3.63, 3.8) is 0 Å². The fourth-order valence-electron chi connectivity index (χ4n) is 4.08. The standard InChI is InChI=1S/C26H28Br2FN5O/c1-6-21-25(28)23(33(5)32-21)12-20-9-16(4)31-34(20)22-8-7-19(29)10-17(22)14-35-24-11-18(27)13-30-26(24)15(2)3/h7-11,13,15H,6,12,14H2,1-5H3. The van der Waals surface area contributed by atoms with Crippen LogP contribution in [0.1, 0.15) is 60.7 Å². The normalized spacial score (nSPS) is 11.5. The van der Waals surface area contributed by atoms with Gasteiger partial charge in [0, 0.05) is 29.7 Å². The summed E-state index contributed by atoms with van der Waals surface area (Å²) in [6.07, 6.45) is 3.22. The summed E-state index contributed by atoms with van der Waals surface area (Å²) >= 11 is 7.18. The van der Waals surface area contributed by atoms with Gasteiger partial charge in [0.25, 0.3) is 0 Å². The maximum absolute atomic E-state index is 14.3. The summed E-state index contributed by atoms with van der Waals surface area (Å²) in [5.41, 5.74) is 6.26. The summed E-state index contributed by atoms with van der Waals surface area (Å²) in [7, 11) is 1.95. The second-order valence-corrected chi connectivity index (χ2v) is 10.5. The molecule has 3 aromatic heterocycles.